The molecule has 5 heteroatoms. The summed E-state index contributed by atoms with van der Waals surface area (Å²) < 4.78 is 0. The summed E-state index contributed by atoms with van der Waals surface area (Å²) in [6.07, 6.45) is 0.222. The molecule has 1 N–H and O–H groups in total. The molecule has 0 spiro atoms. The SMILES string of the molecule is Cc1ccc(N2CC(C(=O)Nc3ccc(C)c(Cl)c3)CC2=O)cc1. The Bertz CT molecular complexity index is 786. The van der Waals surface area contributed by atoms with Crippen molar-refractivity contribution in [3.05, 3.63) is 58.6 Å². The molecule has 24 heavy (non-hydrogen) atoms. The van der Waals surface area contributed by atoms with Crippen LogP contribution in [-0.4, -0.2) is 18.4 Å². The van der Waals surface area contributed by atoms with Crippen molar-refractivity contribution < 1.29 is 9.59 Å². The Kier molecular flexibility index (Phi) is 4.58. The molecule has 2 amide bonds. The number of hydrogen-bond acceptors (Lipinski definition) is 2. The van der Waals surface area contributed by atoms with E-state index in [1.807, 2.05) is 50.2 Å². The molecule has 0 aliphatic carbocycles. The van der Waals surface area contributed by atoms with Crippen molar-refractivity contribution in [3.8, 4) is 0 Å². The van der Waals surface area contributed by atoms with E-state index in [4.69, 9.17) is 11.6 Å². The lowest BCUT2D eigenvalue weighted by atomic mass is 10.1. The van der Waals surface area contributed by atoms with Gasteiger partial charge in [-0.3, -0.25) is 9.59 Å². The van der Waals surface area contributed by atoms with E-state index < -0.39 is 0 Å². The van der Waals surface area contributed by atoms with E-state index in [0.717, 1.165) is 16.8 Å². The quantitative estimate of drug-likeness (QED) is 0.918. The fourth-order valence-electron chi connectivity index (χ4n) is 2.77. The second-order valence-corrected chi connectivity index (χ2v) is 6.60. The van der Waals surface area contributed by atoms with E-state index >= 15 is 0 Å². The molecule has 4 nitrogen and oxygen atoms in total. The number of carbonyl (C=O) groups is 2. The predicted octanol–water partition coefficient (Wildman–Crippen LogP) is 3.95. The third kappa shape index (κ3) is 3.44. The molecule has 3 rings (SSSR count). The molecule has 1 atom stereocenters. The van der Waals surface area contributed by atoms with Crippen molar-refractivity contribution in [3.63, 3.8) is 0 Å². The summed E-state index contributed by atoms with van der Waals surface area (Å²) >= 11 is 6.08. The van der Waals surface area contributed by atoms with E-state index in [1.54, 1.807) is 11.0 Å². The first-order valence-corrected chi connectivity index (χ1v) is 8.26. The standard InChI is InChI=1S/C19H19ClN2O2/c1-12-3-7-16(8-4-12)22-11-14(9-18(22)23)19(24)21-15-6-5-13(2)17(20)10-15/h3-8,10,14H,9,11H2,1-2H3,(H,21,24). The lowest BCUT2D eigenvalue weighted by molar-refractivity contribution is -0.122. The van der Waals surface area contributed by atoms with Crippen LogP contribution in [0.4, 0.5) is 11.4 Å². The molecule has 0 radical (unpaired) electrons. The maximum Gasteiger partial charge on any atom is 0.229 e. The van der Waals surface area contributed by atoms with Gasteiger partial charge in [0.2, 0.25) is 11.8 Å². The van der Waals surface area contributed by atoms with Crippen LogP contribution in [0.25, 0.3) is 0 Å². The Morgan fingerprint density at radius 1 is 1.17 bits per heavy atom. The van der Waals surface area contributed by atoms with E-state index in [2.05, 4.69) is 5.32 Å². The van der Waals surface area contributed by atoms with Crippen LogP contribution in [0.2, 0.25) is 5.02 Å². The highest BCUT2D eigenvalue weighted by atomic mass is 35.5. The van der Waals surface area contributed by atoms with Crippen LogP contribution in [0.5, 0.6) is 0 Å². The van der Waals surface area contributed by atoms with Gasteiger partial charge in [0.1, 0.15) is 0 Å². The van der Waals surface area contributed by atoms with Gasteiger partial charge in [0.25, 0.3) is 0 Å². The van der Waals surface area contributed by atoms with Crippen LogP contribution in [0.1, 0.15) is 17.5 Å². The Morgan fingerprint density at radius 2 is 1.88 bits per heavy atom. The highest BCUT2D eigenvalue weighted by Crippen LogP contribution is 2.27. The number of hydrogen-bond donors (Lipinski definition) is 1. The van der Waals surface area contributed by atoms with Crippen LogP contribution in [0, 0.1) is 19.8 Å². The summed E-state index contributed by atoms with van der Waals surface area (Å²) in [6.45, 7) is 4.30. The van der Waals surface area contributed by atoms with Gasteiger partial charge in [-0.1, -0.05) is 35.4 Å². The summed E-state index contributed by atoms with van der Waals surface area (Å²) in [5.74, 6) is -0.544. The summed E-state index contributed by atoms with van der Waals surface area (Å²) in [5.41, 5.74) is 3.57. The van der Waals surface area contributed by atoms with Crippen molar-refractivity contribution in [2.45, 2.75) is 20.3 Å². The topological polar surface area (TPSA) is 49.4 Å². The molecule has 1 heterocycles. The normalized spacial score (nSPS) is 17.2. The molecule has 1 fully saturated rings. The minimum absolute atomic E-state index is 0.0269. The molecular formula is C19H19ClN2O2. The van der Waals surface area contributed by atoms with Crippen molar-refractivity contribution in [1.82, 2.24) is 0 Å². The van der Waals surface area contributed by atoms with E-state index in [1.165, 1.54) is 0 Å². The second-order valence-electron chi connectivity index (χ2n) is 6.19. The second kappa shape index (κ2) is 6.65. The lowest BCUT2D eigenvalue weighted by Gasteiger charge is -2.17. The average Bonchev–Trinajstić information content (AvgIpc) is 2.94. The van der Waals surface area contributed by atoms with Crippen LogP contribution < -0.4 is 10.2 Å². The zero-order valence-corrected chi connectivity index (χ0v) is 14.4. The molecule has 0 bridgehead atoms. The first kappa shape index (κ1) is 16.5. The summed E-state index contributed by atoms with van der Waals surface area (Å²) in [4.78, 5) is 26.4. The summed E-state index contributed by atoms with van der Waals surface area (Å²) in [6, 6.07) is 13.1. The van der Waals surface area contributed by atoms with Gasteiger partial charge < -0.3 is 10.2 Å². The number of carbonyl (C=O) groups excluding carboxylic acids is 2. The fourth-order valence-corrected chi connectivity index (χ4v) is 2.95. The Labute approximate surface area is 146 Å². The Hall–Kier alpha value is -2.33. The number of aryl methyl sites for hydroxylation is 2. The number of halogens is 1. The fraction of sp³-hybridized carbons (Fsp3) is 0.263. The van der Waals surface area contributed by atoms with E-state index in [9.17, 15) is 9.59 Å². The Balaban J connectivity index is 1.69. The molecule has 1 unspecified atom stereocenters. The van der Waals surface area contributed by atoms with Gasteiger partial charge >= 0.3 is 0 Å². The van der Waals surface area contributed by atoms with Crippen LogP contribution in [0.3, 0.4) is 0 Å². The largest absolute Gasteiger partial charge is 0.326 e. The molecule has 1 saturated heterocycles. The number of amides is 2. The van der Waals surface area contributed by atoms with E-state index in [-0.39, 0.29) is 24.2 Å². The Morgan fingerprint density at radius 3 is 2.54 bits per heavy atom. The molecule has 124 valence electrons. The molecule has 1 aliphatic rings. The molecule has 0 aromatic heterocycles. The minimum Gasteiger partial charge on any atom is -0.326 e. The van der Waals surface area contributed by atoms with Crippen LogP contribution >= 0.6 is 11.6 Å². The van der Waals surface area contributed by atoms with Crippen molar-refractivity contribution in [1.29, 1.82) is 0 Å². The minimum atomic E-state index is -0.362. The lowest BCUT2D eigenvalue weighted by Crippen LogP contribution is -2.28. The molecule has 2 aromatic rings. The molecule has 0 saturated carbocycles. The monoisotopic (exact) mass is 342 g/mol. The van der Waals surface area contributed by atoms with E-state index in [0.29, 0.717) is 17.3 Å². The van der Waals surface area contributed by atoms with Gasteiger partial charge in [-0.2, -0.15) is 0 Å². The highest BCUT2D eigenvalue weighted by molar-refractivity contribution is 6.31. The number of benzene rings is 2. The maximum atomic E-state index is 12.5. The smallest absolute Gasteiger partial charge is 0.229 e. The zero-order valence-electron chi connectivity index (χ0n) is 13.7. The van der Waals surface area contributed by atoms with Gasteiger partial charge in [-0.05, 0) is 43.7 Å². The van der Waals surface area contributed by atoms with Gasteiger partial charge in [-0.15, -0.1) is 0 Å². The number of nitrogens with one attached hydrogen (secondary N) is 1. The van der Waals surface area contributed by atoms with Crippen LogP contribution in [-0.2, 0) is 9.59 Å². The summed E-state index contributed by atoms with van der Waals surface area (Å²) in [7, 11) is 0. The number of anilines is 2. The van der Waals surface area contributed by atoms with Gasteiger partial charge in [0.05, 0.1) is 5.92 Å². The third-order valence-corrected chi connectivity index (χ3v) is 4.69. The van der Waals surface area contributed by atoms with Crippen molar-refractivity contribution in [2.75, 3.05) is 16.8 Å². The molecule has 2 aromatic carbocycles. The predicted molar refractivity (Wildman–Crippen MR) is 96.5 cm³/mol. The molecule has 1 aliphatic heterocycles. The first-order valence-electron chi connectivity index (χ1n) is 7.88. The van der Waals surface area contributed by atoms with Crippen molar-refractivity contribution in [2.24, 2.45) is 5.92 Å². The third-order valence-electron chi connectivity index (χ3n) is 4.28. The number of nitrogens with zero attached hydrogens (tertiary/aromatic N) is 1. The highest BCUT2D eigenvalue weighted by Gasteiger charge is 2.35. The first-order chi connectivity index (χ1) is 11.4. The zero-order chi connectivity index (χ0) is 17.3. The van der Waals surface area contributed by atoms with Crippen LogP contribution in [0.15, 0.2) is 42.5 Å². The van der Waals surface area contributed by atoms with Gasteiger partial charge in [0, 0.05) is 29.4 Å². The molecular weight excluding hydrogens is 324 g/mol. The van der Waals surface area contributed by atoms with Gasteiger partial charge in [-0.25, -0.2) is 0 Å². The average molecular weight is 343 g/mol. The van der Waals surface area contributed by atoms with Crippen molar-refractivity contribution >= 4 is 34.8 Å². The van der Waals surface area contributed by atoms with Gasteiger partial charge in [0.15, 0.2) is 0 Å². The number of rotatable bonds is 3. The summed E-state index contributed by atoms with van der Waals surface area (Å²) in [5, 5.41) is 3.46. The maximum absolute atomic E-state index is 12.5.